The highest BCUT2D eigenvalue weighted by atomic mass is 16.5. The van der Waals surface area contributed by atoms with Crippen molar-refractivity contribution in [2.45, 2.75) is 18.6 Å². The van der Waals surface area contributed by atoms with Gasteiger partial charge in [-0.2, -0.15) is 4.91 Å². The predicted octanol–water partition coefficient (Wildman–Crippen LogP) is 2.07. The van der Waals surface area contributed by atoms with E-state index in [9.17, 15) is 10.0 Å². The third-order valence-corrected chi connectivity index (χ3v) is 3.41. The zero-order valence-electron chi connectivity index (χ0n) is 11.2. The number of hydrogen-bond donors (Lipinski definition) is 2. The van der Waals surface area contributed by atoms with Crippen molar-refractivity contribution in [3.63, 3.8) is 0 Å². The number of benzene rings is 1. The molecule has 0 radical (unpaired) electrons. The predicted molar refractivity (Wildman–Crippen MR) is 78.8 cm³/mol. The van der Waals surface area contributed by atoms with Crippen LogP contribution in [0.4, 0.5) is 11.4 Å². The van der Waals surface area contributed by atoms with Crippen LogP contribution in [-0.2, 0) is 4.74 Å². The van der Waals surface area contributed by atoms with Crippen LogP contribution >= 0.6 is 0 Å². The van der Waals surface area contributed by atoms with E-state index in [-0.39, 0.29) is 24.4 Å². The van der Waals surface area contributed by atoms with Crippen LogP contribution in [0.5, 0.6) is 0 Å². The van der Waals surface area contributed by atoms with Gasteiger partial charge in [-0.15, -0.1) is 0 Å². The van der Waals surface area contributed by atoms with Gasteiger partial charge in [0.25, 0.3) is 0 Å². The molecule has 6 nitrogen and oxygen atoms in total. The van der Waals surface area contributed by atoms with Crippen LogP contribution in [0.25, 0.3) is 0 Å². The number of nitrogen functional groups attached to an aromatic ring is 1. The summed E-state index contributed by atoms with van der Waals surface area (Å²) in [6.45, 7) is 4.70. The molecule has 0 spiro atoms. The van der Waals surface area contributed by atoms with Gasteiger partial charge in [-0.05, 0) is 24.3 Å². The number of nitrogens with zero attached hydrogens (tertiary/aromatic N) is 2. The minimum atomic E-state index is -0.187. The Morgan fingerprint density at radius 2 is 2.20 bits per heavy atom. The van der Waals surface area contributed by atoms with E-state index in [0.717, 1.165) is 5.69 Å². The fourth-order valence-corrected chi connectivity index (χ4v) is 2.44. The lowest BCUT2D eigenvalue weighted by atomic mass is 10.1. The van der Waals surface area contributed by atoms with Crippen molar-refractivity contribution in [2.75, 3.05) is 30.3 Å². The third kappa shape index (κ3) is 3.27. The van der Waals surface area contributed by atoms with Gasteiger partial charge in [-0.25, -0.2) is 0 Å². The summed E-state index contributed by atoms with van der Waals surface area (Å²) >= 11 is 0. The molecule has 0 aromatic heterocycles. The molecule has 3 N–H and O–H groups in total. The van der Waals surface area contributed by atoms with Gasteiger partial charge in [0, 0.05) is 24.3 Å². The van der Waals surface area contributed by atoms with Crippen molar-refractivity contribution in [3.05, 3.63) is 41.5 Å². The normalized spacial score (nSPS) is 21.9. The van der Waals surface area contributed by atoms with Gasteiger partial charge in [-0.3, -0.25) is 0 Å². The zero-order valence-corrected chi connectivity index (χ0v) is 11.2. The van der Waals surface area contributed by atoms with Gasteiger partial charge >= 0.3 is 0 Å². The first-order valence-electron chi connectivity index (χ1n) is 6.52. The molecule has 1 aliphatic heterocycles. The molecule has 20 heavy (non-hydrogen) atoms. The van der Waals surface area contributed by atoms with E-state index in [0.29, 0.717) is 25.3 Å². The SMILES string of the molecule is C=C(O)C1CC(OCCN=O)CN1c1ccc(N)cc1. The molecule has 1 heterocycles. The highest BCUT2D eigenvalue weighted by Crippen LogP contribution is 2.30. The quantitative estimate of drug-likeness (QED) is 0.360. The Morgan fingerprint density at radius 1 is 1.50 bits per heavy atom. The molecule has 6 heteroatoms. The molecule has 0 saturated carbocycles. The Hall–Kier alpha value is -2.08. The van der Waals surface area contributed by atoms with Crippen molar-refractivity contribution < 1.29 is 9.84 Å². The minimum absolute atomic E-state index is 0.0526. The van der Waals surface area contributed by atoms with Gasteiger partial charge in [-0.1, -0.05) is 11.8 Å². The maximum absolute atomic E-state index is 10.1. The van der Waals surface area contributed by atoms with E-state index in [1.165, 1.54) is 0 Å². The Labute approximate surface area is 117 Å². The van der Waals surface area contributed by atoms with Crippen LogP contribution in [0.2, 0.25) is 0 Å². The fourth-order valence-electron chi connectivity index (χ4n) is 2.44. The molecule has 1 aromatic rings. The summed E-state index contributed by atoms with van der Waals surface area (Å²) < 4.78 is 5.59. The minimum Gasteiger partial charge on any atom is -0.511 e. The Kier molecular flexibility index (Phi) is 4.57. The molecule has 0 bridgehead atoms. The van der Waals surface area contributed by atoms with Gasteiger partial charge in [0.05, 0.1) is 18.8 Å². The molecular weight excluding hydrogens is 258 g/mol. The van der Waals surface area contributed by atoms with Crippen molar-refractivity contribution in [1.29, 1.82) is 0 Å². The second-order valence-electron chi connectivity index (χ2n) is 4.83. The maximum Gasteiger partial charge on any atom is 0.108 e. The molecule has 2 atom stereocenters. The first-order valence-corrected chi connectivity index (χ1v) is 6.52. The van der Waals surface area contributed by atoms with E-state index >= 15 is 0 Å². The van der Waals surface area contributed by atoms with Crippen molar-refractivity contribution in [1.82, 2.24) is 0 Å². The lowest BCUT2D eigenvalue weighted by Crippen LogP contribution is -2.31. The van der Waals surface area contributed by atoms with Crippen LogP contribution in [0.1, 0.15) is 6.42 Å². The van der Waals surface area contributed by atoms with Crippen molar-refractivity contribution in [2.24, 2.45) is 5.18 Å². The Bertz CT molecular complexity index is 475. The standard InChI is InChI=1S/C14H19N3O3/c1-10(18)14-8-13(20-7-6-16-19)9-17(14)12-4-2-11(15)3-5-12/h2-5,13-14,18H,1,6-9,15H2. The molecule has 108 valence electrons. The zero-order chi connectivity index (χ0) is 14.5. The van der Waals surface area contributed by atoms with Crippen molar-refractivity contribution in [3.8, 4) is 0 Å². The third-order valence-electron chi connectivity index (χ3n) is 3.41. The van der Waals surface area contributed by atoms with Gasteiger partial charge in [0.1, 0.15) is 12.3 Å². The molecule has 1 saturated heterocycles. The maximum atomic E-state index is 10.1. The fraction of sp³-hybridized carbons (Fsp3) is 0.429. The summed E-state index contributed by atoms with van der Waals surface area (Å²) in [5.74, 6) is 0.112. The van der Waals surface area contributed by atoms with Gasteiger partial charge < -0.3 is 20.5 Å². The van der Waals surface area contributed by atoms with Crippen LogP contribution in [0.3, 0.4) is 0 Å². The first kappa shape index (κ1) is 14.3. The highest BCUT2D eigenvalue weighted by Gasteiger charge is 2.34. The molecular formula is C14H19N3O3. The van der Waals surface area contributed by atoms with E-state index in [1.807, 2.05) is 29.2 Å². The highest BCUT2D eigenvalue weighted by molar-refractivity contribution is 5.55. The summed E-state index contributed by atoms with van der Waals surface area (Å²) in [6.07, 6.45) is 0.585. The largest absolute Gasteiger partial charge is 0.511 e. The summed E-state index contributed by atoms with van der Waals surface area (Å²) in [5, 5.41) is 12.5. The Morgan fingerprint density at radius 3 is 2.80 bits per heavy atom. The summed E-state index contributed by atoms with van der Waals surface area (Å²) in [7, 11) is 0. The monoisotopic (exact) mass is 277 g/mol. The van der Waals surface area contributed by atoms with E-state index < -0.39 is 0 Å². The molecule has 0 amide bonds. The topological polar surface area (TPSA) is 88.2 Å². The number of rotatable bonds is 6. The van der Waals surface area contributed by atoms with Crippen LogP contribution in [0.15, 0.2) is 41.8 Å². The van der Waals surface area contributed by atoms with E-state index in [2.05, 4.69) is 11.8 Å². The van der Waals surface area contributed by atoms with Crippen molar-refractivity contribution >= 4 is 11.4 Å². The second kappa shape index (κ2) is 6.38. The molecule has 0 aliphatic carbocycles. The van der Waals surface area contributed by atoms with Crippen LogP contribution in [-0.4, -0.2) is 36.9 Å². The molecule has 2 unspecified atom stereocenters. The lowest BCUT2D eigenvalue weighted by Gasteiger charge is -2.25. The lowest BCUT2D eigenvalue weighted by molar-refractivity contribution is 0.0719. The number of anilines is 2. The summed E-state index contributed by atoms with van der Waals surface area (Å²) in [4.78, 5) is 12.1. The molecule has 1 fully saturated rings. The number of ether oxygens (including phenoxy) is 1. The van der Waals surface area contributed by atoms with Crippen LogP contribution in [0, 0.1) is 4.91 Å². The average Bonchev–Trinajstić information content (AvgIpc) is 2.84. The number of nitroso groups, excluding NO2 is 1. The molecule has 1 aliphatic rings. The average molecular weight is 277 g/mol. The van der Waals surface area contributed by atoms with Crippen LogP contribution < -0.4 is 10.6 Å². The van der Waals surface area contributed by atoms with E-state index in [1.54, 1.807) is 0 Å². The summed E-state index contributed by atoms with van der Waals surface area (Å²) in [6, 6.07) is 7.25. The van der Waals surface area contributed by atoms with E-state index in [4.69, 9.17) is 10.5 Å². The number of aliphatic hydroxyl groups excluding tert-OH is 1. The first-order chi connectivity index (χ1) is 9.61. The number of hydrogen-bond acceptors (Lipinski definition) is 6. The Balaban J connectivity index is 2.07. The molecule has 2 rings (SSSR count). The summed E-state index contributed by atoms with van der Waals surface area (Å²) in [5.41, 5.74) is 7.33. The van der Waals surface area contributed by atoms with Gasteiger partial charge in [0.15, 0.2) is 0 Å². The smallest absolute Gasteiger partial charge is 0.108 e. The van der Waals surface area contributed by atoms with Gasteiger partial charge in [0.2, 0.25) is 0 Å². The number of nitrogens with two attached hydrogens (primary N) is 1. The second-order valence-corrected chi connectivity index (χ2v) is 4.83. The number of aliphatic hydroxyl groups is 1. The molecule has 1 aromatic carbocycles.